The summed E-state index contributed by atoms with van der Waals surface area (Å²) < 4.78 is 5.51. The predicted octanol–water partition coefficient (Wildman–Crippen LogP) is 4.02. The third kappa shape index (κ3) is 3.87. The van der Waals surface area contributed by atoms with Crippen molar-refractivity contribution in [1.29, 1.82) is 0 Å². The Kier molecular flexibility index (Phi) is 5.13. The zero-order chi connectivity index (χ0) is 18.0. The van der Waals surface area contributed by atoms with Gasteiger partial charge < -0.3 is 9.42 Å². The van der Waals surface area contributed by atoms with E-state index in [1.165, 1.54) is 0 Å². The molecule has 134 valence electrons. The number of rotatable bonds is 4. The smallest absolute Gasteiger partial charge is 0.231 e. The van der Waals surface area contributed by atoms with Gasteiger partial charge in [0, 0.05) is 24.5 Å². The molecule has 0 N–H and O–H groups in total. The highest BCUT2D eigenvalue weighted by Gasteiger charge is 2.35. The molecule has 1 amide bonds. The number of aromatic nitrogens is 2. The first kappa shape index (κ1) is 17.9. The van der Waals surface area contributed by atoms with E-state index in [-0.39, 0.29) is 11.8 Å². The SMILES string of the molecule is Cc1cccc(-c2noc(C3CCCN(C(=O)C(C)(C)CCl)C3)n2)c1. The topological polar surface area (TPSA) is 59.2 Å². The number of alkyl halides is 1. The lowest BCUT2D eigenvalue weighted by molar-refractivity contribution is -0.140. The lowest BCUT2D eigenvalue weighted by Crippen LogP contribution is -2.46. The fourth-order valence-corrected chi connectivity index (χ4v) is 3.27. The molecular weight excluding hydrogens is 338 g/mol. The zero-order valence-corrected chi connectivity index (χ0v) is 15.7. The Morgan fingerprint density at radius 1 is 1.44 bits per heavy atom. The lowest BCUT2D eigenvalue weighted by atomic mass is 9.91. The summed E-state index contributed by atoms with van der Waals surface area (Å²) in [6, 6.07) is 8.03. The van der Waals surface area contributed by atoms with E-state index < -0.39 is 5.41 Å². The van der Waals surface area contributed by atoms with Gasteiger partial charge in [-0.25, -0.2) is 0 Å². The summed E-state index contributed by atoms with van der Waals surface area (Å²) in [7, 11) is 0. The molecule has 1 unspecified atom stereocenters. The van der Waals surface area contributed by atoms with Crippen LogP contribution in [0.4, 0.5) is 0 Å². The Labute approximate surface area is 153 Å². The first-order valence-electron chi connectivity index (χ1n) is 8.67. The minimum atomic E-state index is -0.551. The fraction of sp³-hybridized carbons (Fsp3) is 0.526. The average molecular weight is 362 g/mol. The van der Waals surface area contributed by atoms with Crippen molar-refractivity contribution in [2.24, 2.45) is 5.41 Å². The van der Waals surface area contributed by atoms with Crippen molar-refractivity contribution >= 4 is 17.5 Å². The minimum absolute atomic E-state index is 0.0786. The molecule has 1 fully saturated rings. The summed E-state index contributed by atoms with van der Waals surface area (Å²) in [4.78, 5) is 19.1. The quantitative estimate of drug-likeness (QED) is 0.772. The van der Waals surface area contributed by atoms with Crippen molar-refractivity contribution in [3.8, 4) is 11.4 Å². The van der Waals surface area contributed by atoms with E-state index >= 15 is 0 Å². The highest BCUT2D eigenvalue weighted by atomic mass is 35.5. The van der Waals surface area contributed by atoms with Crippen LogP contribution in [0.25, 0.3) is 11.4 Å². The fourth-order valence-electron chi connectivity index (χ4n) is 3.15. The van der Waals surface area contributed by atoms with E-state index in [0.29, 0.717) is 24.1 Å². The predicted molar refractivity (Wildman–Crippen MR) is 97.5 cm³/mol. The molecule has 1 aliphatic heterocycles. The van der Waals surface area contributed by atoms with Crippen LogP contribution < -0.4 is 0 Å². The second-order valence-electron chi connectivity index (χ2n) is 7.43. The number of hydrogen-bond acceptors (Lipinski definition) is 4. The second kappa shape index (κ2) is 7.16. The lowest BCUT2D eigenvalue weighted by Gasteiger charge is -2.35. The van der Waals surface area contributed by atoms with Gasteiger partial charge in [-0.2, -0.15) is 4.98 Å². The minimum Gasteiger partial charge on any atom is -0.341 e. The molecule has 5 nitrogen and oxygen atoms in total. The van der Waals surface area contributed by atoms with Crippen molar-refractivity contribution in [1.82, 2.24) is 15.0 Å². The van der Waals surface area contributed by atoms with Gasteiger partial charge in [0.15, 0.2) is 0 Å². The van der Waals surface area contributed by atoms with Crippen LogP contribution in [0.15, 0.2) is 28.8 Å². The Hall–Kier alpha value is -1.88. The van der Waals surface area contributed by atoms with E-state index in [1.807, 2.05) is 49.9 Å². The molecule has 2 heterocycles. The molecule has 0 bridgehead atoms. The van der Waals surface area contributed by atoms with Crippen molar-refractivity contribution in [2.75, 3.05) is 19.0 Å². The van der Waals surface area contributed by atoms with Gasteiger partial charge in [0.25, 0.3) is 0 Å². The standard InChI is InChI=1S/C19H24ClN3O2/c1-13-6-4-7-14(10-13)16-21-17(25-22-16)15-8-5-9-23(11-15)18(24)19(2,3)12-20/h4,6-7,10,15H,5,8-9,11-12H2,1-3H3. The van der Waals surface area contributed by atoms with Crippen LogP contribution in [0.5, 0.6) is 0 Å². The first-order chi connectivity index (χ1) is 11.9. The molecule has 1 aliphatic rings. The number of piperidine rings is 1. The molecule has 1 atom stereocenters. The number of carbonyl (C=O) groups excluding carboxylic acids is 1. The number of halogens is 1. The second-order valence-corrected chi connectivity index (χ2v) is 7.70. The van der Waals surface area contributed by atoms with Gasteiger partial charge in [-0.05, 0) is 39.7 Å². The van der Waals surface area contributed by atoms with E-state index in [0.717, 1.165) is 30.5 Å². The summed E-state index contributed by atoms with van der Waals surface area (Å²) in [5, 5.41) is 4.13. The van der Waals surface area contributed by atoms with Gasteiger partial charge >= 0.3 is 0 Å². The molecular formula is C19H24ClN3O2. The third-order valence-electron chi connectivity index (χ3n) is 4.69. The first-order valence-corrected chi connectivity index (χ1v) is 9.20. The van der Waals surface area contributed by atoms with Crippen LogP contribution in [-0.4, -0.2) is 39.9 Å². The van der Waals surface area contributed by atoms with Gasteiger partial charge in [-0.15, -0.1) is 11.6 Å². The van der Waals surface area contributed by atoms with Crippen molar-refractivity contribution < 1.29 is 9.32 Å². The Morgan fingerprint density at radius 2 is 2.24 bits per heavy atom. The highest BCUT2D eigenvalue weighted by Crippen LogP contribution is 2.30. The molecule has 2 aromatic rings. The molecule has 0 aliphatic carbocycles. The van der Waals surface area contributed by atoms with E-state index in [2.05, 4.69) is 10.1 Å². The summed E-state index contributed by atoms with van der Waals surface area (Å²) >= 11 is 5.96. The molecule has 0 saturated carbocycles. The van der Waals surface area contributed by atoms with Crippen LogP contribution in [-0.2, 0) is 4.79 Å². The van der Waals surface area contributed by atoms with Gasteiger partial charge in [0.1, 0.15) is 0 Å². The highest BCUT2D eigenvalue weighted by molar-refractivity contribution is 6.19. The largest absolute Gasteiger partial charge is 0.341 e. The number of likely N-dealkylation sites (tertiary alicyclic amines) is 1. The zero-order valence-electron chi connectivity index (χ0n) is 15.0. The van der Waals surface area contributed by atoms with Crippen LogP contribution in [0, 0.1) is 12.3 Å². The molecule has 0 radical (unpaired) electrons. The van der Waals surface area contributed by atoms with Gasteiger partial charge in [-0.3, -0.25) is 4.79 Å². The number of carbonyl (C=O) groups is 1. The molecule has 3 rings (SSSR count). The molecule has 25 heavy (non-hydrogen) atoms. The van der Waals surface area contributed by atoms with Gasteiger partial charge in [0.05, 0.1) is 11.3 Å². The third-order valence-corrected chi connectivity index (χ3v) is 5.36. The maximum Gasteiger partial charge on any atom is 0.231 e. The summed E-state index contributed by atoms with van der Waals surface area (Å²) in [5.74, 6) is 1.69. The maximum absolute atomic E-state index is 12.7. The summed E-state index contributed by atoms with van der Waals surface area (Å²) in [6.07, 6.45) is 1.87. The molecule has 6 heteroatoms. The van der Waals surface area contributed by atoms with Crippen molar-refractivity contribution in [3.05, 3.63) is 35.7 Å². The van der Waals surface area contributed by atoms with E-state index in [1.54, 1.807) is 0 Å². The number of nitrogens with zero attached hydrogens (tertiary/aromatic N) is 3. The molecule has 0 spiro atoms. The Bertz CT molecular complexity index is 757. The van der Waals surface area contributed by atoms with Crippen LogP contribution >= 0.6 is 11.6 Å². The number of aryl methyl sites for hydroxylation is 1. The normalized spacial score (nSPS) is 18.4. The summed E-state index contributed by atoms with van der Waals surface area (Å²) in [5.41, 5.74) is 1.55. The average Bonchev–Trinajstić information content (AvgIpc) is 3.11. The number of hydrogen-bond donors (Lipinski definition) is 0. The number of benzene rings is 1. The van der Waals surface area contributed by atoms with Crippen LogP contribution in [0.1, 0.15) is 44.1 Å². The monoisotopic (exact) mass is 361 g/mol. The van der Waals surface area contributed by atoms with E-state index in [4.69, 9.17) is 16.1 Å². The maximum atomic E-state index is 12.7. The van der Waals surface area contributed by atoms with Crippen LogP contribution in [0.3, 0.4) is 0 Å². The Morgan fingerprint density at radius 3 is 2.96 bits per heavy atom. The molecule has 1 aromatic carbocycles. The van der Waals surface area contributed by atoms with E-state index in [9.17, 15) is 4.79 Å². The molecule has 1 saturated heterocycles. The van der Waals surface area contributed by atoms with Crippen LogP contribution in [0.2, 0.25) is 0 Å². The van der Waals surface area contributed by atoms with Crippen molar-refractivity contribution in [2.45, 2.75) is 39.5 Å². The van der Waals surface area contributed by atoms with Gasteiger partial charge in [0.2, 0.25) is 17.6 Å². The number of amides is 1. The molecule has 1 aromatic heterocycles. The Balaban J connectivity index is 1.75. The van der Waals surface area contributed by atoms with Crippen molar-refractivity contribution in [3.63, 3.8) is 0 Å². The summed E-state index contributed by atoms with van der Waals surface area (Å²) in [6.45, 7) is 7.17. The van der Waals surface area contributed by atoms with Gasteiger partial charge in [-0.1, -0.05) is 28.9 Å².